The molecule has 1 atom stereocenters. The number of nitrogens with zero attached hydrogens (tertiary/aromatic N) is 1. The van der Waals surface area contributed by atoms with E-state index in [0.29, 0.717) is 5.56 Å². The van der Waals surface area contributed by atoms with Crippen molar-refractivity contribution in [2.45, 2.75) is 25.9 Å². The largest absolute Gasteiger partial charge is 0.573 e. The van der Waals surface area contributed by atoms with Crippen LogP contribution in [0.4, 0.5) is 17.6 Å². The average molecular weight is 410 g/mol. The number of benzene rings is 2. The highest BCUT2D eigenvalue weighted by molar-refractivity contribution is 5.89. The Morgan fingerprint density at radius 3 is 2.31 bits per heavy atom. The zero-order valence-corrected chi connectivity index (χ0v) is 15.2. The quantitative estimate of drug-likeness (QED) is 0.743. The molecule has 29 heavy (non-hydrogen) atoms. The molecule has 2 aromatic carbocycles. The first-order valence-corrected chi connectivity index (χ1v) is 8.84. The van der Waals surface area contributed by atoms with Gasteiger partial charge in [-0.25, -0.2) is 4.39 Å². The minimum absolute atomic E-state index is 0.0600. The van der Waals surface area contributed by atoms with Crippen molar-refractivity contribution in [1.82, 2.24) is 10.2 Å². The van der Waals surface area contributed by atoms with E-state index in [0.717, 1.165) is 5.56 Å². The van der Waals surface area contributed by atoms with Crippen LogP contribution >= 0.6 is 0 Å². The monoisotopic (exact) mass is 410 g/mol. The van der Waals surface area contributed by atoms with E-state index in [2.05, 4.69) is 10.1 Å². The first-order chi connectivity index (χ1) is 13.7. The zero-order chi connectivity index (χ0) is 21.0. The molecule has 9 heteroatoms. The van der Waals surface area contributed by atoms with Gasteiger partial charge in [-0.2, -0.15) is 0 Å². The van der Waals surface area contributed by atoms with Gasteiger partial charge >= 0.3 is 6.36 Å². The molecule has 0 radical (unpaired) electrons. The molecule has 1 N–H and O–H groups in total. The highest BCUT2D eigenvalue weighted by atomic mass is 19.4. The Kier molecular flexibility index (Phi) is 6.05. The van der Waals surface area contributed by atoms with E-state index in [4.69, 9.17) is 0 Å². The molecule has 2 aromatic rings. The van der Waals surface area contributed by atoms with Crippen LogP contribution in [0.25, 0.3) is 0 Å². The van der Waals surface area contributed by atoms with Crippen LogP contribution in [0.5, 0.6) is 5.75 Å². The number of hydrogen-bond donors (Lipinski definition) is 1. The SMILES string of the molecule is O=C(NCc1ccc(F)cc1)[C@@H]1CC(=O)N(Cc2ccc(OC(F)(F)F)cc2)C1. The molecule has 154 valence electrons. The van der Waals surface area contributed by atoms with Crippen LogP contribution in [0.15, 0.2) is 48.5 Å². The lowest BCUT2D eigenvalue weighted by Crippen LogP contribution is -2.32. The Balaban J connectivity index is 1.51. The molecule has 0 saturated carbocycles. The van der Waals surface area contributed by atoms with Crippen molar-refractivity contribution in [1.29, 1.82) is 0 Å². The van der Waals surface area contributed by atoms with Gasteiger partial charge in [0.2, 0.25) is 11.8 Å². The Hall–Kier alpha value is -3.10. The molecule has 0 bridgehead atoms. The summed E-state index contributed by atoms with van der Waals surface area (Å²) in [5, 5.41) is 2.73. The number of amides is 2. The van der Waals surface area contributed by atoms with E-state index < -0.39 is 12.3 Å². The molecule has 1 saturated heterocycles. The number of rotatable bonds is 6. The molecule has 1 aliphatic rings. The van der Waals surface area contributed by atoms with E-state index in [9.17, 15) is 27.2 Å². The van der Waals surface area contributed by atoms with E-state index in [1.54, 1.807) is 12.1 Å². The normalized spacial score (nSPS) is 16.8. The van der Waals surface area contributed by atoms with Crippen molar-refractivity contribution in [3.8, 4) is 5.75 Å². The Morgan fingerprint density at radius 1 is 1.07 bits per heavy atom. The van der Waals surface area contributed by atoms with Gasteiger partial charge in [0.15, 0.2) is 0 Å². The highest BCUT2D eigenvalue weighted by Crippen LogP contribution is 2.25. The first-order valence-electron chi connectivity index (χ1n) is 8.84. The van der Waals surface area contributed by atoms with Gasteiger partial charge in [-0.05, 0) is 35.4 Å². The molecule has 2 amide bonds. The van der Waals surface area contributed by atoms with Crippen LogP contribution < -0.4 is 10.1 Å². The van der Waals surface area contributed by atoms with Crippen molar-refractivity contribution in [2.75, 3.05) is 6.54 Å². The Bertz CT molecular complexity index is 867. The third kappa shape index (κ3) is 5.94. The number of nitrogens with one attached hydrogen (secondary N) is 1. The van der Waals surface area contributed by atoms with Crippen LogP contribution in [0, 0.1) is 11.7 Å². The molecule has 0 aromatic heterocycles. The van der Waals surface area contributed by atoms with Crippen LogP contribution in [0.1, 0.15) is 17.5 Å². The van der Waals surface area contributed by atoms with Gasteiger partial charge in [-0.3, -0.25) is 9.59 Å². The highest BCUT2D eigenvalue weighted by Gasteiger charge is 2.34. The number of carbonyl (C=O) groups is 2. The molecule has 3 rings (SSSR count). The molecular formula is C20H18F4N2O3. The third-order valence-corrected chi connectivity index (χ3v) is 4.50. The first kappa shape index (κ1) is 20.6. The van der Waals surface area contributed by atoms with E-state index >= 15 is 0 Å². The fraction of sp³-hybridized carbons (Fsp3) is 0.300. The maximum atomic E-state index is 12.9. The van der Waals surface area contributed by atoms with E-state index in [1.807, 2.05) is 0 Å². The Morgan fingerprint density at radius 2 is 1.69 bits per heavy atom. The second-order valence-corrected chi connectivity index (χ2v) is 6.71. The number of ether oxygens (including phenoxy) is 1. The van der Waals surface area contributed by atoms with Crippen molar-refractivity contribution >= 4 is 11.8 Å². The smallest absolute Gasteiger partial charge is 0.406 e. The van der Waals surface area contributed by atoms with Crippen molar-refractivity contribution in [3.63, 3.8) is 0 Å². The molecule has 0 unspecified atom stereocenters. The fourth-order valence-electron chi connectivity index (χ4n) is 3.05. The summed E-state index contributed by atoms with van der Waals surface area (Å²) in [7, 11) is 0. The lowest BCUT2D eigenvalue weighted by atomic mass is 10.1. The van der Waals surface area contributed by atoms with Gasteiger partial charge in [0, 0.05) is 26.1 Å². The molecule has 5 nitrogen and oxygen atoms in total. The summed E-state index contributed by atoms with van der Waals surface area (Å²) in [4.78, 5) is 26.0. The molecule has 0 aliphatic carbocycles. The van der Waals surface area contributed by atoms with Crippen LogP contribution in [0.2, 0.25) is 0 Å². The fourth-order valence-corrected chi connectivity index (χ4v) is 3.05. The maximum Gasteiger partial charge on any atom is 0.573 e. The summed E-state index contributed by atoms with van der Waals surface area (Å²) >= 11 is 0. The van der Waals surface area contributed by atoms with Crippen molar-refractivity contribution in [3.05, 3.63) is 65.5 Å². The predicted molar refractivity (Wildman–Crippen MR) is 94.9 cm³/mol. The minimum atomic E-state index is -4.76. The van der Waals surface area contributed by atoms with Gasteiger partial charge in [0.25, 0.3) is 0 Å². The predicted octanol–water partition coefficient (Wildman–Crippen LogP) is 3.39. The van der Waals surface area contributed by atoms with E-state index in [-0.39, 0.29) is 49.4 Å². The van der Waals surface area contributed by atoms with Crippen molar-refractivity contribution < 1.29 is 31.9 Å². The number of likely N-dealkylation sites (tertiary alicyclic amines) is 1. The molecule has 1 heterocycles. The average Bonchev–Trinajstić information content (AvgIpc) is 3.02. The second kappa shape index (κ2) is 8.50. The zero-order valence-electron chi connectivity index (χ0n) is 15.2. The minimum Gasteiger partial charge on any atom is -0.406 e. The topological polar surface area (TPSA) is 58.6 Å². The van der Waals surface area contributed by atoms with Gasteiger partial charge in [-0.1, -0.05) is 24.3 Å². The van der Waals surface area contributed by atoms with Crippen molar-refractivity contribution in [2.24, 2.45) is 5.92 Å². The van der Waals surface area contributed by atoms with Gasteiger partial charge in [0.05, 0.1) is 5.92 Å². The van der Waals surface area contributed by atoms with Crippen LogP contribution in [-0.4, -0.2) is 29.6 Å². The molecule has 0 spiro atoms. The standard InChI is InChI=1S/C20H18F4N2O3/c21-16-5-1-13(2-6-16)10-25-19(28)15-9-18(27)26(12-15)11-14-3-7-17(8-4-14)29-20(22,23)24/h1-8,15H,9-12H2,(H,25,28)/t15-/m1/s1. The number of halogens is 4. The van der Waals surface area contributed by atoms with Crippen LogP contribution in [0.3, 0.4) is 0 Å². The molecule has 1 fully saturated rings. The molecule has 1 aliphatic heterocycles. The van der Waals surface area contributed by atoms with E-state index in [1.165, 1.54) is 41.3 Å². The maximum absolute atomic E-state index is 12.9. The number of carbonyl (C=O) groups excluding carboxylic acids is 2. The van der Waals surface area contributed by atoms with Gasteiger partial charge in [-0.15, -0.1) is 13.2 Å². The summed E-state index contributed by atoms with van der Waals surface area (Å²) in [6, 6.07) is 11.0. The summed E-state index contributed by atoms with van der Waals surface area (Å²) in [5.74, 6) is -1.71. The lowest BCUT2D eigenvalue weighted by molar-refractivity contribution is -0.274. The Labute approximate surface area is 164 Å². The third-order valence-electron chi connectivity index (χ3n) is 4.50. The summed E-state index contributed by atoms with van der Waals surface area (Å²) in [5.41, 5.74) is 1.36. The van der Waals surface area contributed by atoms with Crippen LogP contribution in [-0.2, 0) is 22.7 Å². The summed E-state index contributed by atoms with van der Waals surface area (Å²) in [6.45, 7) is 0.631. The second-order valence-electron chi connectivity index (χ2n) is 6.71. The molecular weight excluding hydrogens is 392 g/mol. The van der Waals surface area contributed by atoms with Gasteiger partial charge < -0.3 is 15.0 Å². The summed E-state index contributed by atoms with van der Waals surface area (Å²) in [6.07, 6.45) is -4.70. The number of alkyl halides is 3. The number of hydrogen-bond acceptors (Lipinski definition) is 3. The van der Waals surface area contributed by atoms with Gasteiger partial charge in [0.1, 0.15) is 11.6 Å². The lowest BCUT2D eigenvalue weighted by Gasteiger charge is -2.17. The summed E-state index contributed by atoms with van der Waals surface area (Å²) < 4.78 is 53.3.